The van der Waals surface area contributed by atoms with Crippen LogP contribution in [0, 0.1) is 13.8 Å². The Kier molecular flexibility index (Phi) is 5.86. The fourth-order valence-corrected chi connectivity index (χ4v) is 6.42. The summed E-state index contributed by atoms with van der Waals surface area (Å²) >= 11 is 3.19. The average molecular weight is 478 g/mol. The monoisotopic (exact) mass is 477 g/mol. The van der Waals surface area contributed by atoms with Crippen LogP contribution in [0.25, 0.3) is 0 Å². The molecule has 11 heteroatoms. The maximum absolute atomic E-state index is 13.3. The van der Waals surface area contributed by atoms with Crippen molar-refractivity contribution >= 4 is 44.3 Å². The molecule has 1 atom stereocenters. The third-order valence-electron chi connectivity index (χ3n) is 5.18. The van der Waals surface area contributed by atoms with Gasteiger partial charge in [0.15, 0.2) is 0 Å². The number of aryl methyl sites for hydroxylation is 1. The van der Waals surface area contributed by atoms with E-state index in [9.17, 15) is 13.2 Å². The van der Waals surface area contributed by atoms with Gasteiger partial charge in [-0.15, -0.1) is 22.7 Å². The predicted molar refractivity (Wildman–Crippen MR) is 122 cm³/mol. The summed E-state index contributed by atoms with van der Waals surface area (Å²) in [7, 11) is -0.697. The second-order valence-electron chi connectivity index (χ2n) is 7.44. The number of sulfonamides is 1. The normalized spacial score (nSPS) is 16.9. The zero-order valence-electron chi connectivity index (χ0n) is 17.6. The van der Waals surface area contributed by atoms with Crippen LogP contribution in [0.1, 0.15) is 33.6 Å². The zero-order chi connectivity index (χ0) is 22.3. The molecule has 4 heterocycles. The summed E-state index contributed by atoms with van der Waals surface area (Å²) < 4.78 is 27.9. The first-order valence-electron chi connectivity index (χ1n) is 9.63. The number of thiophene rings is 2. The van der Waals surface area contributed by atoms with Crippen LogP contribution in [0.2, 0.25) is 0 Å². The molecule has 0 aliphatic carbocycles. The summed E-state index contributed by atoms with van der Waals surface area (Å²) in [5.74, 6) is -0.232. The zero-order valence-corrected chi connectivity index (χ0v) is 20.1. The summed E-state index contributed by atoms with van der Waals surface area (Å²) in [5, 5.41) is 14.5. The molecule has 1 aliphatic heterocycles. The maximum atomic E-state index is 13.3. The summed E-state index contributed by atoms with van der Waals surface area (Å²) in [6, 6.07) is 7.77. The van der Waals surface area contributed by atoms with E-state index >= 15 is 0 Å². The third-order valence-corrected chi connectivity index (χ3v) is 9.14. The molecule has 0 saturated carbocycles. The van der Waals surface area contributed by atoms with E-state index in [4.69, 9.17) is 0 Å². The minimum absolute atomic E-state index is 0.0846. The highest BCUT2D eigenvalue weighted by Gasteiger charge is 2.35. The summed E-state index contributed by atoms with van der Waals surface area (Å²) in [4.78, 5) is 15.5. The number of hydrazone groups is 1. The molecule has 0 aromatic carbocycles. The number of rotatable bonds is 6. The molecule has 8 nitrogen and oxygen atoms in total. The largest absolute Gasteiger partial charge is 0.271 e. The molecule has 0 N–H and O–H groups in total. The lowest BCUT2D eigenvalue weighted by atomic mass is 10.1. The van der Waals surface area contributed by atoms with Gasteiger partial charge < -0.3 is 0 Å². The standard InChI is InChI=1S/C20H23N5O3S3/c1-13-20(31(27,28)23(3)4)14(2)24(21-13)12-19(26)25-16(18-8-6-10-30-18)11-15(22-25)17-7-5-9-29-17/h5-10,16H,11-12H2,1-4H3. The van der Waals surface area contributed by atoms with Crippen molar-refractivity contribution in [1.29, 1.82) is 0 Å². The van der Waals surface area contributed by atoms with Crippen molar-refractivity contribution in [2.45, 2.75) is 37.8 Å². The highest BCUT2D eigenvalue weighted by Crippen LogP contribution is 2.36. The minimum Gasteiger partial charge on any atom is -0.271 e. The van der Waals surface area contributed by atoms with Crippen LogP contribution in [0.3, 0.4) is 0 Å². The van der Waals surface area contributed by atoms with Gasteiger partial charge in [0.2, 0.25) is 10.0 Å². The fourth-order valence-electron chi connectivity index (χ4n) is 3.63. The fraction of sp³-hybridized carbons (Fsp3) is 0.350. The first-order valence-corrected chi connectivity index (χ1v) is 12.8. The third kappa shape index (κ3) is 3.98. The first-order chi connectivity index (χ1) is 14.7. The molecule has 3 aromatic heterocycles. The van der Waals surface area contributed by atoms with Gasteiger partial charge in [0.25, 0.3) is 5.91 Å². The number of carbonyl (C=O) groups is 1. The minimum atomic E-state index is -3.66. The Bertz CT molecular complexity index is 1230. The molecule has 4 rings (SSSR count). The van der Waals surface area contributed by atoms with Gasteiger partial charge in [-0.05, 0) is 36.7 Å². The van der Waals surface area contributed by atoms with Crippen molar-refractivity contribution in [3.8, 4) is 0 Å². The van der Waals surface area contributed by atoms with Crippen molar-refractivity contribution in [2.24, 2.45) is 5.10 Å². The van der Waals surface area contributed by atoms with Gasteiger partial charge in [-0.2, -0.15) is 10.2 Å². The van der Waals surface area contributed by atoms with Crippen LogP contribution >= 0.6 is 22.7 Å². The Balaban J connectivity index is 1.65. The number of carbonyl (C=O) groups excluding carboxylic acids is 1. The Hall–Kier alpha value is -2.34. The van der Waals surface area contributed by atoms with Crippen molar-refractivity contribution < 1.29 is 13.2 Å². The Morgan fingerprint density at radius 1 is 1.19 bits per heavy atom. The Morgan fingerprint density at radius 3 is 2.52 bits per heavy atom. The van der Waals surface area contributed by atoms with Crippen molar-refractivity contribution in [3.05, 3.63) is 56.2 Å². The molecule has 0 radical (unpaired) electrons. The van der Waals surface area contributed by atoms with E-state index in [-0.39, 0.29) is 23.4 Å². The van der Waals surface area contributed by atoms with Gasteiger partial charge in [-0.3, -0.25) is 9.48 Å². The van der Waals surface area contributed by atoms with Crippen molar-refractivity contribution in [3.63, 3.8) is 0 Å². The quantitative estimate of drug-likeness (QED) is 0.545. The molecule has 3 aromatic rings. The number of nitrogens with zero attached hydrogens (tertiary/aromatic N) is 5. The number of amides is 1. The van der Waals surface area contributed by atoms with Crippen LogP contribution in [0.5, 0.6) is 0 Å². The molecule has 0 saturated heterocycles. The summed E-state index contributed by atoms with van der Waals surface area (Å²) in [5.41, 5.74) is 1.69. The molecule has 1 amide bonds. The van der Waals surface area contributed by atoms with Crippen LogP contribution < -0.4 is 0 Å². The SMILES string of the molecule is Cc1nn(CC(=O)N2N=C(c3cccs3)CC2c2cccs2)c(C)c1S(=O)(=O)N(C)C. The lowest BCUT2D eigenvalue weighted by Gasteiger charge is -2.21. The van der Waals surface area contributed by atoms with Crippen molar-refractivity contribution in [1.82, 2.24) is 19.1 Å². The Labute approximate surface area is 189 Å². The highest BCUT2D eigenvalue weighted by atomic mass is 32.2. The van der Waals surface area contributed by atoms with Gasteiger partial charge in [-0.1, -0.05) is 12.1 Å². The number of aromatic nitrogens is 2. The molecule has 0 spiro atoms. The number of hydrogen-bond acceptors (Lipinski definition) is 7. The average Bonchev–Trinajstić information content (AvgIpc) is 3.49. The topological polar surface area (TPSA) is 87.9 Å². The van der Waals surface area contributed by atoms with Crippen LogP contribution in [-0.2, 0) is 21.4 Å². The van der Waals surface area contributed by atoms with Gasteiger partial charge in [0, 0.05) is 25.4 Å². The van der Waals surface area contributed by atoms with E-state index in [1.807, 2.05) is 35.0 Å². The van der Waals surface area contributed by atoms with E-state index < -0.39 is 10.0 Å². The molecule has 164 valence electrons. The van der Waals surface area contributed by atoms with Gasteiger partial charge in [0.1, 0.15) is 11.4 Å². The van der Waals surface area contributed by atoms with Crippen molar-refractivity contribution in [2.75, 3.05) is 14.1 Å². The van der Waals surface area contributed by atoms with Gasteiger partial charge >= 0.3 is 0 Å². The smallest absolute Gasteiger partial charge is 0.265 e. The van der Waals surface area contributed by atoms with E-state index in [1.165, 1.54) is 23.8 Å². The van der Waals surface area contributed by atoms with Crippen LogP contribution in [0.15, 0.2) is 45.0 Å². The molecular formula is C20H23N5O3S3. The molecule has 31 heavy (non-hydrogen) atoms. The van der Waals surface area contributed by atoms with E-state index in [1.54, 1.807) is 36.5 Å². The lowest BCUT2D eigenvalue weighted by Crippen LogP contribution is -2.30. The Morgan fingerprint density at radius 2 is 1.90 bits per heavy atom. The van der Waals surface area contributed by atoms with Gasteiger partial charge in [0.05, 0.1) is 28.0 Å². The second-order valence-corrected chi connectivity index (χ2v) is 11.5. The molecule has 1 aliphatic rings. The second kappa shape index (κ2) is 8.30. The van der Waals surface area contributed by atoms with E-state index in [0.717, 1.165) is 19.8 Å². The molecular weight excluding hydrogens is 454 g/mol. The molecule has 1 unspecified atom stereocenters. The van der Waals surface area contributed by atoms with E-state index in [2.05, 4.69) is 10.2 Å². The molecule has 0 fully saturated rings. The maximum Gasteiger partial charge on any atom is 0.265 e. The number of hydrogen-bond donors (Lipinski definition) is 0. The highest BCUT2D eigenvalue weighted by molar-refractivity contribution is 7.89. The summed E-state index contributed by atoms with van der Waals surface area (Å²) in [6.07, 6.45) is 0.643. The van der Waals surface area contributed by atoms with Gasteiger partial charge in [-0.25, -0.2) is 17.7 Å². The molecule has 0 bridgehead atoms. The summed E-state index contributed by atoms with van der Waals surface area (Å²) in [6.45, 7) is 3.23. The lowest BCUT2D eigenvalue weighted by molar-refractivity contribution is -0.133. The van der Waals surface area contributed by atoms with Crippen LogP contribution in [-0.4, -0.2) is 53.2 Å². The van der Waals surface area contributed by atoms with Crippen LogP contribution in [0.4, 0.5) is 0 Å². The van der Waals surface area contributed by atoms with E-state index in [0.29, 0.717) is 17.8 Å². The first kappa shape index (κ1) is 21.9. The predicted octanol–water partition coefficient (Wildman–Crippen LogP) is 3.25.